The van der Waals surface area contributed by atoms with Crippen LogP contribution in [-0.2, 0) is 9.47 Å². The summed E-state index contributed by atoms with van der Waals surface area (Å²) in [7, 11) is 0. The van der Waals surface area contributed by atoms with E-state index in [2.05, 4.69) is 15.3 Å². The zero-order valence-corrected chi connectivity index (χ0v) is 13.9. The third kappa shape index (κ3) is 3.62. The summed E-state index contributed by atoms with van der Waals surface area (Å²) in [6.45, 7) is 4.04. The van der Waals surface area contributed by atoms with Crippen LogP contribution in [0.15, 0.2) is 24.3 Å². The molecule has 9 heteroatoms. The van der Waals surface area contributed by atoms with Gasteiger partial charge in [-0.3, -0.25) is 0 Å². The fraction of sp³-hybridized carbons (Fsp3) is 0.312. The average Bonchev–Trinajstić information content (AvgIpc) is 2.54. The first kappa shape index (κ1) is 16.9. The Kier molecular flexibility index (Phi) is 4.68. The molecule has 25 heavy (non-hydrogen) atoms. The highest BCUT2D eigenvalue weighted by Gasteiger charge is 2.34. The highest BCUT2D eigenvalue weighted by Crippen LogP contribution is 2.39. The van der Waals surface area contributed by atoms with Crippen LogP contribution in [0.2, 0.25) is 0 Å². The van der Waals surface area contributed by atoms with E-state index in [1.165, 1.54) is 0 Å². The number of urea groups is 1. The molecule has 1 aromatic heterocycles. The number of nitrogens with two attached hydrogens (primary N) is 2. The maximum atomic E-state index is 10.9. The van der Waals surface area contributed by atoms with Crippen LogP contribution < -0.4 is 21.5 Å². The molecule has 0 bridgehead atoms. The molecule has 0 aliphatic carbocycles. The van der Waals surface area contributed by atoms with Crippen LogP contribution in [0.25, 0.3) is 11.4 Å². The van der Waals surface area contributed by atoms with Crippen LogP contribution >= 0.6 is 0 Å². The number of anilines is 2. The standard InChI is InChI=1S/C16H19N5O4/c1-3-23-12-11(15-24-8(2)25-15)20-14(21-13(12)17)9-4-6-10(7-5-9)19-16(18)22/h4-8,15H,3H2,1-2H3,(H2,17,20,21)(H3,18,19,22). The van der Waals surface area contributed by atoms with Crippen LogP contribution in [0.3, 0.4) is 0 Å². The van der Waals surface area contributed by atoms with Gasteiger partial charge in [-0.15, -0.1) is 0 Å². The van der Waals surface area contributed by atoms with Crippen LogP contribution in [0.4, 0.5) is 16.3 Å². The summed E-state index contributed by atoms with van der Waals surface area (Å²) < 4.78 is 16.6. The van der Waals surface area contributed by atoms with E-state index >= 15 is 0 Å². The number of hydrogen-bond donors (Lipinski definition) is 3. The summed E-state index contributed by atoms with van der Waals surface area (Å²) in [5, 5.41) is 2.49. The minimum atomic E-state index is -0.642. The van der Waals surface area contributed by atoms with Crippen molar-refractivity contribution in [2.24, 2.45) is 5.73 Å². The number of benzene rings is 1. The lowest BCUT2D eigenvalue weighted by molar-refractivity contribution is -0.384. The zero-order chi connectivity index (χ0) is 18.0. The molecule has 3 rings (SSSR count). The fourth-order valence-electron chi connectivity index (χ4n) is 2.40. The number of nitrogens with zero attached hydrogens (tertiary/aromatic N) is 2. The van der Waals surface area contributed by atoms with Crippen LogP contribution in [0, 0.1) is 0 Å². The Balaban J connectivity index is 1.94. The second-order valence-electron chi connectivity index (χ2n) is 5.32. The molecule has 0 radical (unpaired) electrons. The molecular formula is C16H19N5O4. The van der Waals surface area contributed by atoms with Crippen molar-refractivity contribution in [1.29, 1.82) is 0 Å². The summed E-state index contributed by atoms with van der Waals surface area (Å²) in [5.41, 5.74) is 12.8. The average molecular weight is 345 g/mol. The van der Waals surface area contributed by atoms with Gasteiger partial charge in [0.15, 0.2) is 23.7 Å². The normalized spacial score (nSPS) is 19.1. The summed E-state index contributed by atoms with van der Waals surface area (Å²) in [4.78, 5) is 19.7. The number of primary amides is 1. The smallest absolute Gasteiger partial charge is 0.316 e. The predicted molar refractivity (Wildman–Crippen MR) is 90.6 cm³/mol. The number of rotatable bonds is 5. The lowest BCUT2D eigenvalue weighted by Crippen LogP contribution is -2.33. The van der Waals surface area contributed by atoms with E-state index in [4.69, 9.17) is 25.7 Å². The SMILES string of the molecule is CCOc1c(N)nc(-c2ccc(NC(N)=O)cc2)nc1C1OC(C)O1. The van der Waals surface area contributed by atoms with Gasteiger partial charge in [-0.25, -0.2) is 14.8 Å². The maximum Gasteiger partial charge on any atom is 0.316 e. The Morgan fingerprint density at radius 2 is 1.96 bits per heavy atom. The largest absolute Gasteiger partial charge is 0.488 e. The van der Waals surface area contributed by atoms with E-state index in [-0.39, 0.29) is 12.1 Å². The fourth-order valence-corrected chi connectivity index (χ4v) is 2.40. The third-order valence-electron chi connectivity index (χ3n) is 3.47. The molecule has 1 fully saturated rings. The molecule has 9 nitrogen and oxygen atoms in total. The molecule has 2 aromatic rings. The van der Waals surface area contributed by atoms with Crippen LogP contribution in [0.1, 0.15) is 25.8 Å². The molecule has 1 aliphatic heterocycles. The molecular weight excluding hydrogens is 326 g/mol. The first-order valence-corrected chi connectivity index (χ1v) is 7.76. The Labute approximate surface area is 144 Å². The lowest BCUT2D eigenvalue weighted by atomic mass is 10.2. The van der Waals surface area contributed by atoms with E-state index < -0.39 is 12.3 Å². The van der Waals surface area contributed by atoms with E-state index in [1.807, 2.05) is 6.92 Å². The van der Waals surface area contributed by atoms with Crippen LogP contribution in [0.5, 0.6) is 5.75 Å². The van der Waals surface area contributed by atoms with Gasteiger partial charge < -0.3 is 31.0 Å². The van der Waals surface area contributed by atoms with E-state index in [0.717, 1.165) is 0 Å². The summed E-state index contributed by atoms with van der Waals surface area (Å²) in [5.74, 6) is 0.955. The molecule has 2 heterocycles. The van der Waals surface area contributed by atoms with Crippen molar-refractivity contribution in [2.75, 3.05) is 17.7 Å². The summed E-state index contributed by atoms with van der Waals surface area (Å²) in [6.07, 6.45) is -0.949. The molecule has 1 aromatic carbocycles. The highest BCUT2D eigenvalue weighted by molar-refractivity contribution is 5.88. The summed E-state index contributed by atoms with van der Waals surface area (Å²) in [6, 6.07) is 6.23. The number of ether oxygens (including phenoxy) is 3. The molecule has 2 amide bonds. The molecule has 0 saturated carbocycles. The van der Waals surface area contributed by atoms with Gasteiger partial charge in [-0.05, 0) is 38.1 Å². The molecule has 0 unspecified atom stereocenters. The first-order valence-electron chi connectivity index (χ1n) is 7.76. The number of hydrogen-bond acceptors (Lipinski definition) is 7. The van der Waals surface area contributed by atoms with E-state index in [1.54, 1.807) is 31.2 Å². The minimum Gasteiger partial charge on any atom is -0.488 e. The zero-order valence-electron chi connectivity index (χ0n) is 13.9. The Bertz CT molecular complexity index is 775. The third-order valence-corrected chi connectivity index (χ3v) is 3.47. The number of carbonyl (C=O) groups is 1. The molecule has 0 spiro atoms. The van der Waals surface area contributed by atoms with Gasteiger partial charge in [0, 0.05) is 11.3 Å². The van der Waals surface area contributed by atoms with Crippen molar-refractivity contribution in [3.63, 3.8) is 0 Å². The number of aromatic nitrogens is 2. The van der Waals surface area contributed by atoms with Crippen molar-refractivity contribution in [1.82, 2.24) is 9.97 Å². The second-order valence-corrected chi connectivity index (χ2v) is 5.32. The Hall–Kier alpha value is -2.91. The quantitative estimate of drug-likeness (QED) is 0.754. The van der Waals surface area contributed by atoms with Crippen molar-refractivity contribution in [2.45, 2.75) is 26.4 Å². The first-order chi connectivity index (χ1) is 12.0. The molecule has 1 saturated heterocycles. The van der Waals surface area contributed by atoms with Gasteiger partial charge >= 0.3 is 6.03 Å². The maximum absolute atomic E-state index is 10.9. The highest BCUT2D eigenvalue weighted by atomic mass is 16.9. The van der Waals surface area contributed by atoms with Crippen molar-refractivity contribution >= 4 is 17.5 Å². The predicted octanol–water partition coefficient (Wildman–Crippen LogP) is 2.01. The van der Waals surface area contributed by atoms with Gasteiger partial charge in [0.25, 0.3) is 0 Å². The summed E-state index contributed by atoms with van der Waals surface area (Å²) >= 11 is 0. The molecule has 1 aliphatic rings. The number of carbonyl (C=O) groups excluding carboxylic acids is 1. The van der Waals surface area contributed by atoms with Crippen molar-refractivity contribution in [3.05, 3.63) is 30.0 Å². The Morgan fingerprint density at radius 3 is 2.52 bits per heavy atom. The van der Waals surface area contributed by atoms with Crippen molar-refractivity contribution < 1.29 is 19.0 Å². The van der Waals surface area contributed by atoms with Gasteiger partial charge in [0.1, 0.15) is 5.69 Å². The Morgan fingerprint density at radius 1 is 1.28 bits per heavy atom. The van der Waals surface area contributed by atoms with Gasteiger partial charge in [0.2, 0.25) is 6.29 Å². The van der Waals surface area contributed by atoms with Gasteiger partial charge in [0.05, 0.1) is 6.61 Å². The number of nitrogen functional groups attached to an aromatic ring is 1. The van der Waals surface area contributed by atoms with Crippen LogP contribution in [-0.4, -0.2) is 28.9 Å². The van der Waals surface area contributed by atoms with E-state index in [0.29, 0.717) is 35.1 Å². The number of amides is 2. The lowest BCUT2D eigenvalue weighted by Gasteiger charge is -2.34. The van der Waals surface area contributed by atoms with Gasteiger partial charge in [-0.2, -0.15) is 0 Å². The van der Waals surface area contributed by atoms with Crippen molar-refractivity contribution in [3.8, 4) is 17.1 Å². The second kappa shape index (κ2) is 6.91. The molecule has 0 atom stereocenters. The minimum absolute atomic E-state index is 0.202. The molecule has 5 N–H and O–H groups in total. The molecule has 132 valence electrons. The number of nitrogens with one attached hydrogen (secondary N) is 1. The van der Waals surface area contributed by atoms with E-state index in [9.17, 15) is 4.79 Å². The topological polar surface area (TPSA) is 135 Å². The van der Waals surface area contributed by atoms with Gasteiger partial charge in [-0.1, -0.05) is 0 Å². The monoisotopic (exact) mass is 345 g/mol.